The van der Waals surface area contributed by atoms with E-state index in [-0.39, 0.29) is 17.4 Å². The summed E-state index contributed by atoms with van der Waals surface area (Å²) in [6, 6.07) is 5.13. The minimum absolute atomic E-state index is 0.0718. The molecule has 0 saturated heterocycles. The number of nitrogens with one attached hydrogen (secondary N) is 1. The summed E-state index contributed by atoms with van der Waals surface area (Å²) in [5.74, 6) is -1.01. The highest BCUT2D eigenvalue weighted by Gasteiger charge is 2.30. The van der Waals surface area contributed by atoms with Gasteiger partial charge in [-0.2, -0.15) is 0 Å². The molecule has 2 N–H and O–H groups in total. The van der Waals surface area contributed by atoms with E-state index in [2.05, 4.69) is 5.32 Å². The zero-order chi connectivity index (χ0) is 12.4. The summed E-state index contributed by atoms with van der Waals surface area (Å²) in [6.45, 7) is 1.96. The van der Waals surface area contributed by atoms with Crippen LogP contribution in [0.3, 0.4) is 0 Å². The third-order valence-electron chi connectivity index (χ3n) is 2.93. The van der Waals surface area contributed by atoms with Crippen molar-refractivity contribution in [3.8, 4) is 0 Å². The molecule has 2 rings (SSSR count). The van der Waals surface area contributed by atoms with Crippen molar-refractivity contribution in [1.29, 1.82) is 0 Å². The van der Waals surface area contributed by atoms with Crippen LogP contribution in [0, 0.1) is 5.92 Å². The molecule has 1 fully saturated rings. The number of rotatable bonds is 4. The molecule has 1 aliphatic carbocycles. The van der Waals surface area contributed by atoms with Gasteiger partial charge < -0.3 is 10.4 Å². The average Bonchev–Trinajstić information content (AvgIpc) is 3.13. The van der Waals surface area contributed by atoms with Gasteiger partial charge in [-0.25, -0.2) is 4.79 Å². The number of benzene rings is 1. The monoisotopic (exact) mass is 233 g/mol. The maximum absolute atomic E-state index is 11.6. The molecule has 1 aromatic carbocycles. The number of aryl methyl sites for hydroxylation is 1. The maximum atomic E-state index is 11.6. The third kappa shape index (κ3) is 2.64. The quantitative estimate of drug-likeness (QED) is 0.838. The fraction of sp³-hybridized carbons (Fsp3) is 0.385. The minimum Gasteiger partial charge on any atom is -0.478 e. The molecule has 0 bridgehead atoms. The molecule has 1 saturated carbocycles. The highest BCUT2D eigenvalue weighted by molar-refractivity contribution is 6.01. The van der Waals surface area contributed by atoms with E-state index in [1.807, 2.05) is 13.0 Å². The highest BCUT2D eigenvalue weighted by Crippen LogP contribution is 2.30. The molecule has 1 amide bonds. The number of anilines is 1. The summed E-state index contributed by atoms with van der Waals surface area (Å²) in [6.07, 6.45) is 2.58. The van der Waals surface area contributed by atoms with Gasteiger partial charge in [0.2, 0.25) is 5.91 Å². The predicted octanol–water partition coefficient (Wildman–Crippen LogP) is 2.30. The van der Waals surface area contributed by atoms with Gasteiger partial charge in [0.25, 0.3) is 0 Å². The van der Waals surface area contributed by atoms with Gasteiger partial charge in [0.1, 0.15) is 0 Å². The number of carboxylic acids is 1. The lowest BCUT2D eigenvalue weighted by Gasteiger charge is -2.09. The van der Waals surface area contributed by atoms with E-state index >= 15 is 0 Å². The van der Waals surface area contributed by atoms with Gasteiger partial charge in [-0.15, -0.1) is 0 Å². The Morgan fingerprint density at radius 1 is 1.41 bits per heavy atom. The number of amides is 1. The number of carbonyl (C=O) groups is 2. The van der Waals surface area contributed by atoms with Crippen LogP contribution in [0.1, 0.15) is 35.7 Å². The Kier molecular flexibility index (Phi) is 3.13. The van der Waals surface area contributed by atoms with Crippen molar-refractivity contribution in [1.82, 2.24) is 0 Å². The number of aromatic carboxylic acids is 1. The second-order valence-corrected chi connectivity index (χ2v) is 4.30. The van der Waals surface area contributed by atoms with Gasteiger partial charge in [-0.05, 0) is 37.0 Å². The molecule has 0 atom stereocenters. The number of hydrogen-bond acceptors (Lipinski definition) is 2. The fourth-order valence-corrected chi connectivity index (χ4v) is 1.68. The van der Waals surface area contributed by atoms with E-state index in [0.29, 0.717) is 5.69 Å². The van der Waals surface area contributed by atoms with Crippen molar-refractivity contribution < 1.29 is 14.7 Å². The van der Waals surface area contributed by atoms with Gasteiger partial charge >= 0.3 is 5.97 Å². The van der Waals surface area contributed by atoms with Crippen molar-refractivity contribution in [3.63, 3.8) is 0 Å². The van der Waals surface area contributed by atoms with Crippen LogP contribution in [0.15, 0.2) is 18.2 Å². The SMILES string of the molecule is CCc1ccc(NC(=O)C2CC2)c(C(=O)O)c1. The molecule has 0 aliphatic heterocycles. The van der Waals surface area contributed by atoms with Crippen molar-refractivity contribution in [2.24, 2.45) is 5.92 Å². The first-order chi connectivity index (χ1) is 8.11. The summed E-state index contributed by atoms with van der Waals surface area (Å²) < 4.78 is 0. The van der Waals surface area contributed by atoms with Gasteiger partial charge in [0, 0.05) is 5.92 Å². The Morgan fingerprint density at radius 2 is 2.12 bits per heavy atom. The molecule has 4 nitrogen and oxygen atoms in total. The zero-order valence-electron chi connectivity index (χ0n) is 9.69. The summed E-state index contributed by atoms with van der Waals surface area (Å²) in [5.41, 5.74) is 1.51. The van der Waals surface area contributed by atoms with Crippen LogP contribution in [0.5, 0.6) is 0 Å². The summed E-state index contributed by atoms with van der Waals surface area (Å²) in [5, 5.41) is 11.8. The first-order valence-corrected chi connectivity index (χ1v) is 5.79. The molecule has 90 valence electrons. The van der Waals surface area contributed by atoms with E-state index in [1.165, 1.54) is 0 Å². The lowest BCUT2D eigenvalue weighted by Crippen LogP contribution is -2.16. The molecular formula is C13H15NO3. The minimum atomic E-state index is -1.01. The fourth-order valence-electron chi connectivity index (χ4n) is 1.68. The van der Waals surface area contributed by atoms with Gasteiger partial charge in [-0.3, -0.25) is 4.79 Å². The lowest BCUT2D eigenvalue weighted by molar-refractivity contribution is -0.117. The second kappa shape index (κ2) is 4.57. The van der Waals surface area contributed by atoms with E-state index in [4.69, 9.17) is 5.11 Å². The number of carbonyl (C=O) groups excluding carboxylic acids is 1. The number of carboxylic acid groups (broad SMARTS) is 1. The summed E-state index contributed by atoms with van der Waals surface area (Å²) in [4.78, 5) is 22.7. The lowest BCUT2D eigenvalue weighted by atomic mass is 10.1. The van der Waals surface area contributed by atoms with Crippen molar-refractivity contribution in [2.75, 3.05) is 5.32 Å². The van der Waals surface area contributed by atoms with Crippen LogP contribution >= 0.6 is 0 Å². The Hall–Kier alpha value is -1.84. The van der Waals surface area contributed by atoms with Crippen LogP contribution in [-0.2, 0) is 11.2 Å². The van der Waals surface area contributed by atoms with Crippen LogP contribution in [0.25, 0.3) is 0 Å². The normalized spacial score (nSPS) is 14.4. The average molecular weight is 233 g/mol. The summed E-state index contributed by atoms with van der Waals surface area (Å²) in [7, 11) is 0. The molecule has 4 heteroatoms. The second-order valence-electron chi connectivity index (χ2n) is 4.30. The molecular weight excluding hydrogens is 218 g/mol. The first-order valence-electron chi connectivity index (χ1n) is 5.79. The molecule has 0 unspecified atom stereocenters. The van der Waals surface area contributed by atoms with Gasteiger partial charge in [0.15, 0.2) is 0 Å². The largest absolute Gasteiger partial charge is 0.478 e. The van der Waals surface area contributed by atoms with E-state index < -0.39 is 5.97 Å². The van der Waals surface area contributed by atoms with Crippen LogP contribution in [-0.4, -0.2) is 17.0 Å². The molecule has 0 heterocycles. The molecule has 0 radical (unpaired) electrons. The van der Waals surface area contributed by atoms with Crippen LogP contribution < -0.4 is 5.32 Å². The van der Waals surface area contributed by atoms with Crippen LogP contribution in [0.4, 0.5) is 5.69 Å². The standard InChI is InChI=1S/C13H15NO3/c1-2-8-3-6-11(10(7-8)13(16)17)14-12(15)9-4-5-9/h3,6-7,9H,2,4-5H2,1H3,(H,14,15)(H,16,17). The Balaban J connectivity index is 2.25. The maximum Gasteiger partial charge on any atom is 0.337 e. The number of hydrogen-bond donors (Lipinski definition) is 2. The van der Waals surface area contributed by atoms with Gasteiger partial charge in [-0.1, -0.05) is 13.0 Å². The molecule has 1 aromatic rings. The van der Waals surface area contributed by atoms with Crippen molar-refractivity contribution in [3.05, 3.63) is 29.3 Å². The highest BCUT2D eigenvalue weighted by atomic mass is 16.4. The third-order valence-corrected chi connectivity index (χ3v) is 2.93. The Bertz CT molecular complexity index is 464. The molecule has 0 aromatic heterocycles. The Labute approximate surface area is 99.6 Å². The van der Waals surface area contributed by atoms with E-state index in [1.54, 1.807) is 12.1 Å². The Morgan fingerprint density at radius 3 is 2.65 bits per heavy atom. The summed E-state index contributed by atoms with van der Waals surface area (Å²) >= 11 is 0. The predicted molar refractivity (Wildman–Crippen MR) is 64.1 cm³/mol. The molecule has 0 spiro atoms. The topological polar surface area (TPSA) is 66.4 Å². The first kappa shape index (κ1) is 11.6. The molecule has 17 heavy (non-hydrogen) atoms. The van der Waals surface area contributed by atoms with E-state index in [9.17, 15) is 9.59 Å². The van der Waals surface area contributed by atoms with Crippen molar-refractivity contribution >= 4 is 17.6 Å². The molecule has 1 aliphatic rings. The zero-order valence-corrected chi connectivity index (χ0v) is 9.69. The van der Waals surface area contributed by atoms with Gasteiger partial charge in [0.05, 0.1) is 11.3 Å². The van der Waals surface area contributed by atoms with E-state index in [0.717, 1.165) is 24.8 Å². The van der Waals surface area contributed by atoms with Crippen LogP contribution in [0.2, 0.25) is 0 Å². The van der Waals surface area contributed by atoms with Crippen molar-refractivity contribution in [2.45, 2.75) is 26.2 Å². The smallest absolute Gasteiger partial charge is 0.337 e.